The van der Waals surface area contributed by atoms with Crippen LogP contribution in [0.15, 0.2) is 17.1 Å². The highest BCUT2D eigenvalue weighted by atomic mass is 127. The molecule has 0 bridgehead atoms. The Morgan fingerprint density at radius 1 is 1.14 bits per heavy atom. The average Bonchev–Trinajstić information content (AvgIpc) is 2.46. The van der Waals surface area contributed by atoms with E-state index in [0.717, 1.165) is 17.1 Å². The van der Waals surface area contributed by atoms with Crippen molar-refractivity contribution in [2.75, 3.05) is 27.9 Å². The van der Waals surface area contributed by atoms with Crippen LogP contribution < -0.4 is 25.3 Å². The van der Waals surface area contributed by atoms with Crippen LogP contribution in [0.3, 0.4) is 0 Å². The van der Waals surface area contributed by atoms with E-state index in [1.807, 2.05) is 26.0 Å². The molecule has 0 aliphatic heterocycles. The van der Waals surface area contributed by atoms with Crippen molar-refractivity contribution in [3.8, 4) is 17.2 Å². The molecule has 0 saturated carbocycles. The van der Waals surface area contributed by atoms with Gasteiger partial charge in [0.1, 0.15) is 17.2 Å². The SMILES string of the molecule is COc1cc(OC)c(CCN=C(N)NC(C)C)c(OC)c1.I. The predicted octanol–water partition coefficient (Wildman–Crippen LogP) is 2.19. The van der Waals surface area contributed by atoms with Crippen molar-refractivity contribution in [3.05, 3.63) is 17.7 Å². The number of rotatable bonds is 7. The van der Waals surface area contributed by atoms with Crippen molar-refractivity contribution < 1.29 is 14.2 Å². The molecule has 6 nitrogen and oxygen atoms in total. The highest BCUT2D eigenvalue weighted by Gasteiger charge is 2.12. The topological polar surface area (TPSA) is 78.1 Å². The van der Waals surface area contributed by atoms with Gasteiger partial charge in [0.2, 0.25) is 0 Å². The lowest BCUT2D eigenvalue weighted by molar-refractivity contribution is 0.369. The van der Waals surface area contributed by atoms with Gasteiger partial charge < -0.3 is 25.3 Å². The second kappa shape index (κ2) is 10.4. The van der Waals surface area contributed by atoms with Gasteiger partial charge in [-0.1, -0.05) is 0 Å². The van der Waals surface area contributed by atoms with Gasteiger partial charge >= 0.3 is 0 Å². The number of benzene rings is 1. The second-order valence-corrected chi connectivity index (χ2v) is 4.83. The summed E-state index contributed by atoms with van der Waals surface area (Å²) in [6.07, 6.45) is 0.664. The van der Waals surface area contributed by atoms with Crippen LogP contribution in [0.5, 0.6) is 17.2 Å². The Kier molecular flexibility index (Phi) is 9.71. The summed E-state index contributed by atoms with van der Waals surface area (Å²) in [5.41, 5.74) is 6.73. The molecular formula is C15H26IN3O3. The van der Waals surface area contributed by atoms with Gasteiger partial charge in [0, 0.05) is 30.3 Å². The molecule has 0 saturated heterocycles. The zero-order valence-corrected chi connectivity index (χ0v) is 16.1. The van der Waals surface area contributed by atoms with Crippen LogP contribution >= 0.6 is 24.0 Å². The van der Waals surface area contributed by atoms with Crippen LogP contribution in [0.25, 0.3) is 0 Å². The van der Waals surface area contributed by atoms with E-state index in [1.165, 1.54) is 0 Å². The molecule has 0 amide bonds. The van der Waals surface area contributed by atoms with Crippen molar-refractivity contribution in [3.63, 3.8) is 0 Å². The van der Waals surface area contributed by atoms with E-state index in [9.17, 15) is 0 Å². The van der Waals surface area contributed by atoms with Gasteiger partial charge in [-0.05, 0) is 20.3 Å². The molecule has 0 aliphatic carbocycles. The van der Waals surface area contributed by atoms with Crippen molar-refractivity contribution in [1.29, 1.82) is 0 Å². The molecular weight excluding hydrogens is 397 g/mol. The monoisotopic (exact) mass is 423 g/mol. The van der Waals surface area contributed by atoms with E-state index in [-0.39, 0.29) is 30.0 Å². The zero-order valence-electron chi connectivity index (χ0n) is 13.8. The van der Waals surface area contributed by atoms with Gasteiger partial charge in [0.05, 0.1) is 21.3 Å². The standard InChI is InChI=1S/C15H25N3O3.HI/c1-10(2)18-15(16)17-7-6-12-13(20-4)8-11(19-3)9-14(12)21-5;/h8-10H,6-7H2,1-5H3,(H3,16,17,18);1H. The molecule has 1 rings (SSSR count). The molecule has 1 aromatic carbocycles. The van der Waals surface area contributed by atoms with Gasteiger partial charge in [-0.15, -0.1) is 24.0 Å². The van der Waals surface area contributed by atoms with E-state index in [4.69, 9.17) is 19.9 Å². The third kappa shape index (κ3) is 6.17. The molecule has 7 heteroatoms. The summed E-state index contributed by atoms with van der Waals surface area (Å²) in [6, 6.07) is 3.92. The number of nitrogens with one attached hydrogen (secondary N) is 1. The minimum Gasteiger partial charge on any atom is -0.496 e. The van der Waals surface area contributed by atoms with Crippen molar-refractivity contribution in [1.82, 2.24) is 5.32 Å². The fourth-order valence-corrected chi connectivity index (χ4v) is 1.95. The van der Waals surface area contributed by atoms with Crippen LogP contribution in [0, 0.1) is 0 Å². The van der Waals surface area contributed by atoms with Crippen LogP contribution in [-0.4, -0.2) is 39.9 Å². The summed E-state index contributed by atoms with van der Waals surface area (Å²) < 4.78 is 16.0. The fraction of sp³-hybridized carbons (Fsp3) is 0.533. The Labute approximate surface area is 149 Å². The lowest BCUT2D eigenvalue weighted by Gasteiger charge is -2.14. The maximum absolute atomic E-state index is 5.78. The van der Waals surface area contributed by atoms with E-state index in [2.05, 4.69) is 10.3 Å². The first-order chi connectivity index (χ1) is 10.0. The summed E-state index contributed by atoms with van der Waals surface area (Å²) in [7, 11) is 4.85. The number of methoxy groups -OCH3 is 3. The molecule has 0 radical (unpaired) electrons. The minimum atomic E-state index is 0. The molecule has 0 spiro atoms. The molecule has 1 aromatic rings. The van der Waals surface area contributed by atoms with Crippen molar-refractivity contribution in [2.24, 2.45) is 10.7 Å². The highest BCUT2D eigenvalue weighted by Crippen LogP contribution is 2.34. The highest BCUT2D eigenvalue weighted by molar-refractivity contribution is 14.0. The zero-order chi connectivity index (χ0) is 15.8. The number of guanidine groups is 1. The van der Waals surface area contributed by atoms with E-state index in [1.54, 1.807) is 21.3 Å². The van der Waals surface area contributed by atoms with Crippen LogP contribution in [0.4, 0.5) is 0 Å². The number of hydrogen-bond acceptors (Lipinski definition) is 4. The van der Waals surface area contributed by atoms with Crippen LogP contribution in [0.1, 0.15) is 19.4 Å². The number of halogens is 1. The fourth-order valence-electron chi connectivity index (χ4n) is 1.95. The quantitative estimate of drug-likeness (QED) is 0.400. The lowest BCUT2D eigenvalue weighted by Crippen LogP contribution is -2.36. The molecule has 22 heavy (non-hydrogen) atoms. The largest absolute Gasteiger partial charge is 0.496 e. The first-order valence-electron chi connectivity index (χ1n) is 6.87. The Hall–Kier alpha value is -1.38. The summed E-state index contributed by atoms with van der Waals surface area (Å²) in [4.78, 5) is 4.29. The molecule has 126 valence electrons. The summed E-state index contributed by atoms with van der Waals surface area (Å²) in [6.45, 7) is 4.57. The van der Waals surface area contributed by atoms with Crippen LogP contribution in [-0.2, 0) is 6.42 Å². The number of ether oxygens (including phenoxy) is 3. The van der Waals surface area contributed by atoms with Crippen molar-refractivity contribution in [2.45, 2.75) is 26.3 Å². The van der Waals surface area contributed by atoms with Crippen LogP contribution in [0.2, 0.25) is 0 Å². The molecule has 0 fully saturated rings. The van der Waals surface area contributed by atoms with Gasteiger partial charge in [-0.25, -0.2) is 0 Å². The molecule has 0 aliphatic rings. The first kappa shape index (κ1) is 20.6. The normalized spacial score (nSPS) is 10.9. The third-order valence-electron chi connectivity index (χ3n) is 2.90. The van der Waals surface area contributed by atoms with Gasteiger partial charge in [0.25, 0.3) is 0 Å². The predicted molar refractivity (Wildman–Crippen MR) is 100.0 cm³/mol. The summed E-state index contributed by atoms with van der Waals surface area (Å²) in [5, 5.41) is 3.05. The van der Waals surface area contributed by atoms with Gasteiger partial charge in [0.15, 0.2) is 5.96 Å². The maximum Gasteiger partial charge on any atom is 0.188 e. The maximum atomic E-state index is 5.78. The number of nitrogens with zero attached hydrogens (tertiary/aromatic N) is 1. The van der Waals surface area contributed by atoms with Gasteiger partial charge in [-0.3, -0.25) is 4.99 Å². The Morgan fingerprint density at radius 2 is 1.68 bits per heavy atom. The first-order valence-corrected chi connectivity index (χ1v) is 6.87. The van der Waals surface area contributed by atoms with E-state index in [0.29, 0.717) is 24.7 Å². The minimum absolute atomic E-state index is 0. The second-order valence-electron chi connectivity index (χ2n) is 4.83. The number of nitrogens with two attached hydrogens (primary N) is 1. The molecule has 0 heterocycles. The summed E-state index contributed by atoms with van der Waals surface area (Å²) >= 11 is 0. The smallest absolute Gasteiger partial charge is 0.188 e. The molecule has 0 aromatic heterocycles. The molecule has 0 atom stereocenters. The Balaban J connectivity index is 0.00000441. The molecule has 0 unspecified atom stereocenters. The van der Waals surface area contributed by atoms with E-state index >= 15 is 0 Å². The van der Waals surface area contributed by atoms with Crippen molar-refractivity contribution >= 4 is 29.9 Å². The number of aliphatic imine (C=N–C) groups is 1. The number of hydrogen-bond donors (Lipinski definition) is 2. The summed E-state index contributed by atoms with van der Waals surface area (Å²) in [5.74, 6) is 2.57. The van der Waals surface area contributed by atoms with E-state index < -0.39 is 0 Å². The molecule has 3 N–H and O–H groups in total. The Morgan fingerprint density at radius 3 is 2.09 bits per heavy atom. The lowest BCUT2D eigenvalue weighted by atomic mass is 10.1. The Bertz CT molecular complexity index is 468. The average molecular weight is 423 g/mol. The van der Waals surface area contributed by atoms with Gasteiger partial charge in [-0.2, -0.15) is 0 Å². The third-order valence-corrected chi connectivity index (χ3v) is 2.90.